The van der Waals surface area contributed by atoms with Crippen LogP contribution in [0.15, 0.2) is 30.6 Å². The lowest BCUT2D eigenvalue weighted by Gasteiger charge is -2.07. The molecule has 1 N–H and O–H groups in total. The summed E-state index contributed by atoms with van der Waals surface area (Å²) in [5.41, 5.74) is 1.73. The summed E-state index contributed by atoms with van der Waals surface area (Å²) < 4.78 is 4.82. The first kappa shape index (κ1) is 14.9. The van der Waals surface area contributed by atoms with E-state index in [1.54, 1.807) is 37.5 Å². The van der Waals surface area contributed by atoms with Gasteiger partial charge in [-0.25, -0.2) is 0 Å². The number of nitrogens with zero attached hydrogens (tertiary/aromatic N) is 2. The van der Waals surface area contributed by atoms with Gasteiger partial charge in [-0.3, -0.25) is 19.6 Å². The van der Waals surface area contributed by atoms with E-state index < -0.39 is 0 Å². The van der Waals surface area contributed by atoms with Crippen molar-refractivity contribution in [1.29, 1.82) is 0 Å². The summed E-state index contributed by atoms with van der Waals surface area (Å²) in [6, 6.07) is 5.28. The number of fused-ring (bicyclic) bond motifs is 1. The van der Waals surface area contributed by atoms with Crippen molar-refractivity contribution in [2.24, 2.45) is 0 Å². The Kier molecular flexibility index (Phi) is 5.20. The molecule has 1 aromatic heterocycles. The number of ether oxygens (including phenoxy) is 1. The highest BCUT2D eigenvalue weighted by Gasteiger charge is 2.11. The minimum atomic E-state index is -0.247. The molecular formula is C15H17N3O3. The van der Waals surface area contributed by atoms with Gasteiger partial charge in [0.25, 0.3) is 5.91 Å². The predicted molar refractivity (Wildman–Crippen MR) is 77.7 cm³/mol. The highest BCUT2D eigenvalue weighted by atomic mass is 16.5. The molecule has 1 amide bonds. The number of carbonyl (C=O) groups excluding carboxylic acids is 2. The third kappa shape index (κ3) is 3.98. The maximum atomic E-state index is 12.1. The fourth-order valence-corrected chi connectivity index (χ4v) is 1.94. The summed E-state index contributed by atoms with van der Waals surface area (Å²) in [6.07, 6.45) is 3.98. The Balaban J connectivity index is 1.92. The monoisotopic (exact) mass is 287 g/mol. The van der Waals surface area contributed by atoms with E-state index in [0.29, 0.717) is 42.6 Å². The number of aromatic nitrogens is 2. The minimum Gasteiger partial charge on any atom is -0.466 e. The van der Waals surface area contributed by atoms with Gasteiger partial charge in [0.1, 0.15) is 5.52 Å². The third-order valence-electron chi connectivity index (χ3n) is 2.89. The number of para-hydroxylation sites is 1. The van der Waals surface area contributed by atoms with Crippen LogP contribution in [0.25, 0.3) is 11.0 Å². The molecule has 1 heterocycles. The lowest BCUT2D eigenvalue weighted by molar-refractivity contribution is -0.143. The molecule has 6 heteroatoms. The van der Waals surface area contributed by atoms with Crippen LogP contribution in [0.4, 0.5) is 0 Å². The Morgan fingerprint density at radius 1 is 1.24 bits per heavy atom. The number of benzene rings is 1. The first-order chi connectivity index (χ1) is 10.2. The molecule has 0 radical (unpaired) electrons. The fraction of sp³-hybridized carbons (Fsp3) is 0.333. The molecule has 0 fully saturated rings. The predicted octanol–water partition coefficient (Wildman–Crippen LogP) is 1.70. The van der Waals surface area contributed by atoms with Gasteiger partial charge < -0.3 is 10.1 Å². The van der Waals surface area contributed by atoms with Gasteiger partial charge in [-0.1, -0.05) is 6.07 Å². The number of nitrogens with one attached hydrogen (secondary N) is 1. The molecule has 1 aromatic carbocycles. The fourth-order valence-electron chi connectivity index (χ4n) is 1.94. The van der Waals surface area contributed by atoms with E-state index in [2.05, 4.69) is 15.3 Å². The Morgan fingerprint density at radius 3 is 2.86 bits per heavy atom. The van der Waals surface area contributed by atoms with Crippen molar-refractivity contribution in [3.63, 3.8) is 0 Å². The molecule has 6 nitrogen and oxygen atoms in total. The number of amides is 1. The van der Waals surface area contributed by atoms with Gasteiger partial charge in [-0.15, -0.1) is 0 Å². The molecule has 110 valence electrons. The largest absolute Gasteiger partial charge is 0.466 e. The topological polar surface area (TPSA) is 81.2 Å². The van der Waals surface area contributed by atoms with E-state index in [0.717, 1.165) is 0 Å². The average molecular weight is 287 g/mol. The standard InChI is InChI=1S/C15H17N3O3/c1-2-21-13(19)7-4-8-18-15(20)11-5-3-6-12-14(11)17-10-9-16-12/h3,5-6,9-10H,2,4,7-8H2,1H3,(H,18,20). The first-order valence-electron chi connectivity index (χ1n) is 6.86. The number of hydrogen-bond donors (Lipinski definition) is 1. The van der Waals surface area contributed by atoms with E-state index in [-0.39, 0.29) is 11.9 Å². The van der Waals surface area contributed by atoms with Gasteiger partial charge in [0.2, 0.25) is 0 Å². The molecule has 0 aliphatic carbocycles. The van der Waals surface area contributed by atoms with Gasteiger partial charge in [0, 0.05) is 25.4 Å². The van der Waals surface area contributed by atoms with Gasteiger partial charge in [-0.2, -0.15) is 0 Å². The molecule has 0 saturated heterocycles. The molecule has 0 aliphatic rings. The van der Waals surface area contributed by atoms with Crippen LogP contribution in [0, 0.1) is 0 Å². The van der Waals surface area contributed by atoms with Gasteiger partial charge >= 0.3 is 5.97 Å². The molecule has 2 aromatic rings. The summed E-state index contributed by atoms with van der Waals surface area (Å²) in [7, 11) is 0. The van der Waals surface area contributed by atoms with Crippen LogP contribution >= 0.6 is 0 Å². The quantitative estimate of drug-likeness (QED) is 0.646. The molecule has 2 rings (SSSR count). The maximum Gasteiger partial charge on any atom is 0.305 e. The Morgan fingerprint density at radius 2 is 2.05 bits per heavy atom. The zero-order valence-electron chi connectivity index (χ0n) is 11.8. The number of carbonyl (C=O) groups is 2. The Bertz CT molecular complexity index is 638. The van der Waals surface area contributed by atoms with E-state index in [4.69, 9.17) is 4.74 Å². The molecular weight excluding hydrogens is 270 g/mol. The molecule has 0 spiro atoms. The molecule has 0 unspecified atom stereocenters. The highest BCUT2D eigenvalue weighted by molar-refractivity contribution is 6.04. The van der Waals surface area contributed by atoms with Gasteiger partial charge in [-0.05, 0) is 25.5 Å². The van der Waals surface area contributed by atoms with Crippen LogP contribution in [-0.2, 0) is 9.53 Å². The van der Waals surface area contributed by atoms with Crippen molar-refractivity contribution in [1.82, 2.24) is 15.3 Å². The summed E-state index contributed by atoms with van der Waals surface area (Å²) in [5.74, 6) is -0.465. The maximum absolute atomic E-state index is 12.1. The first-order valence-corrected chi connectivity index (χ1v) is 6.86. The lowest BCUT2D eigenvalue weighted by atomic mass is 10.1. The Labute approximate surface area is 122 Å². The van der Waals surface area contributed by atoms with E-state index in [1.807, 2.05) is 0 Å². The second-order valence-corrected chi connectivity index (χ2v) is 4.39. The van der Waals surface area contributed by atoms with Crippen LogP contribution in [0.5, 0.6) is 0 Å². The summed E-state index contributed by atoms with van der Waals surface area (Å²) in [4.78, 5) is 31.7. The van der Waals surface area contributed by atoms with Crippen molar-refractivity contribution in [3.05, 3.63) is 36.2 Å². The zero-order valence-corrected chi connectivity index (χ0v) is 11.8. The molecule has 0 atom stereocenters. The Hall–Kier alpha value is -2.50. The summed E-state index contributed by atoms with van der Waals surface area (Å²) >= 11 is 0. The van der Waals surface area contributed by atoms with Crippen LogP contribution in [0.1, 0.15) is 30.1 Å². The smallest absolute Gasteiger partial charge is 0.305 e. The number of hydrogen-bond acceptors (Lipinski definition) is 5. The van der Waals surface area contributed by atoms with Crippen LogP contribution in [0.2, 0.25) is 0 Å². The zero-order chi connectivity index (χ0) is 15.1. The molecule has 0 bridgehead atoms. The number of rotatable bonds is 6. The second-order valence-electron chi connectivity index (χ2n) is 4.39. The molecule has 21 heavy (non-hydrogen) atoms. The van der Waals surface area contributed by atoms with Crippen LogP contribution in [0.3, 0.4) is 0 Å². The highest BCUT2D eigenvalue weighted by Crippen LogP contribution is 2.13. The van der Waals surface area contributed by atoms with Crippen LogP contribution in [-0.4, -0.2) is 35.0 Å². The van der Waals surface area contributed by atoms with Crippen molar-refractivity contribution < 1.29 is 14.3 Å². The van der Waals surface area contributed by atoms with Crippen molar-refractivity contribution in [2.45, 2.75) is 19.8 Å². The third-order valence-corrected chi connectivity index (χ3v) is 2.89. The van der Waals surface area contributed by atoms with E-state index in [1.165, 1.54) is 0 Å². The van der Waals surface area contributed by atoms with Crippen molar-refractivity contribution >= 4 is 22.9 Å². The molecule has 0 saturated carbocycles. The minimum absolute atomic E-state index is 0.218. The van der Waals surface area contributed by atoms with E-state index >= 15 is 0 Å². The van der Waals surface area contributed by atoms with Gasteiger partial charge in [0.15, 0.2) is 0 Å². The average Bonchev–Trinajstić information content (AvgIpc) is 2.51. The SMILES string of the molecule is CCOC(=O)CCCNC(=O)c1cccc2nccnc12. The summed E-state index contributed by atoms with van der Waals surface area (Å²) in [6.45, 7) is 2.55. The van der Waals surface area contributed by atoms with E-state index in [9.17, 15) is 9.59 Å². The number of esters is 1. The van der Waals surface area contributed by atoms with Crippen LogP contribution < -0.4 is 5.32 Å². The van der Waals surface area contributed by atoms with Gasteiger partial charge in [0.05, 0.1) is 17.7 Å². The second kappa shape index (κ2) is 7.33. The normalized spacial score (nSPS) is 10.3. The molecule has 0 aliphatic heterocycles. The van der Waals surface area contributed by atoms with Crippen molar-refractivity contribution in [3.8, 4) is 0 Å². The lowest BCUT2D eigenvalue weighted by Crippen LogP contribution is -2.25. The van der Waals surface area contributed by atoms with Crippen molar-refractivity contribution in [2.75, 3.05) is 13.2 Å². The summed E-state index contributed by atoms with van der Waals surface area (Å²) in [5, 5.41) is 2.77.